The van der Waals surface area contributed by atoms with Crippen molar-refractivity contribution in [2.75, 3.05) is 0 Å². The zero-order chi connectivity index (χ0) is 35.3. The molecule has 2 heterocycles. The van der Waals surface area contributed by atoms with Gasteiger partial charge in [-0.25, -0.2) is 0 Å². The Morgan fingerprint density at radius 3 is 1.35 bits per heavy atom. The van der Waals surface area contributed by atoms with E-state index in [4.69, 9.17) is 8.83 Å². The Bertz CT molecular complexity index is 3440. The minimum Gasteiger partial charge on any atom is -0.456 e. The number of furan rings is 2. The van der Waals surface area contributed by atoms with E-state index in [9.17, 15) is 0 Å². The van der Waals surface area contributed by atoms with Gasteiger partial charge in [-0.05, 0) is 94.7 Å². The van der Waals surface area contributed by atoms with Crippen LogP contribution in [0.5, 0.6) is 0 Å². The second kappa shape index (κ2) is 11.2. The van der Waals surface area contributed by atoms with Crippen molar-refractivity contribution < 1.29 is 8.83 Å². The lowest BCUT2D eigenvalue weighted by atomic mass is 9.83. The van der Waals surface area contributed by atoms with E-state index in [1.54, 1.807) is 0 Å². The molecule has 12 aromatic rings. The maximum Gasteiger partial charge on any atom is 0.147 e. The highest BCUT2D eigenvalue weighted by atomic mass is 16.3. The molecule has 0 bridgehead atoms. The van der Waals surface area contributed by atoms with Crippen molar-refractivity contribution in [2.24, 2.45) is 0 Å². The van der Waals surface area contributed by atoms with Crippen LogP contribution in [-0.2, 0) is 0 Å². The Kier molecular flexibility index (Phi) is 6.09. The van der Waals surface area contributed by atoms with Crippen LogP contribution in [0.4, 0.5) is 0 Å². The highest BCUT2D eigenvalue weighted by Crippen LogP contribution is 2.50. The summed E-state index contributed by atoms with van der Waals surface area (Å²) in [6.45, 7) is 0. The Morgan fingerprint density at radius 1 is 0.259 bits per heavy atom. The number of rotatable bonds is 3. The van der Waals surface area contributed by atoms with Crippen molar-refractivity contribution >= 4 is 87.0 Å². The predicted octanol–water partition coefficient (Wildman–Crippen LogP) is 15.1. The molecule has 12 rings (SSSR count). The highest BCUT2D eigenvalue weighted by Gasteiger charge is 2.23. The summed E-state index contributed by atoms with van der Waals surface area (Å²) < 4.78 is 13.2. The number of para-hydroxylation sites is 2. The molecule has 0 aliphatic rings. The fourth-order valence-electron chi connectivity index (χ4n) is 9.21. The summed E-state index contributed by atoms with van der Waals surface area (Å²) in [7, 11) is 0. The molecule has 0 atom stereocenters. The zero-order valence-electron chi connectivity index (χ0n) is 29.1. The van der Waals surface area contributed by atoms with Crippen molar-refractivity contribution in [3.8, 4) is 33.4 Å². The smallest absolute Gasteiger partial charge is 0.147 e. The Labute approximate surface area is 310 Å². The number of benzene rings is 10. The van der Waals surface area contributed by atoms with Crippen LogP contribution in [-0.4, -0.2) is 0 Å². The molecular weight excluding hydrogens is 657 g/mol. The molecule has 0 unspecified atom stereocenters. The van der Waals surface area contributed by atoms with E-state index in [-0.39, 0.29) is 0 Å². The molecule has 0 aliphatic carbocycles. The van der Waals surface area contributed by atoms with Gasteiger partial charge < -0.3 is 8.83 Å². The van der Waals surface area contributed by atoms with Crippen molar-refractivity contribution in [3.05, 3.63) is 182 Å². The van der Waals surface area contributed by atoms with Gasteiger partial charge in [0.15, 0.2) is 0 Å². The summed E-state index contributed by atoms with van der Waals surface area (Å²) >= 11 is 0. The molecule has 0 N–H and O–H groups in total. The first-order valence-electron chi connectivity index (χ1n) is 18.5. The fourth-order valence-corrected chi connectivity index (χ4v) is 9.21. The van der Waals surface area contributed by atoms with E-state index < -0.39 is 0 Å². The van der Waals surface area contributed by atoms with Crippen LogP contribution >= 0.6 is 0 Å². The quantitative estimate of drug-likeness (QED) is 0.173. The van der Waals surface area contributed by atoms with Gasteiger partial charge in [-0.2, -0.15) is 0 Å². The molecule has 0 spiro atoms. The van der Waals surface area contributed by atoms with E-state index >= 15 is 0 Å². The lowest BCUT2D eigenvalue weighted by Gasteiger charge is -2.20. The number of fused-ring (bicyclic) bond motifs is 11. The second-order valence-electron chi connectivity index (χ2n) is 14.3. The molecule has 250 valence electrons. The van der Waals surface area contributed by atoms with Crippen LogP contribution in [0.25, 0.3) is 120 Å². The first-order valence-corrected chi connectivity index (χ1v) is 18.5. The Morgan fingerprint density at radius 2 is 0.704 bits per heavy atom. The molecule has 0 radical (unpaired) electrons. The monoisotopic (exact) mass is 686 g/mol. The minimum atomic E-state index is 0.826. The van der Waals surface area contributed by atoms with Crippen molar-refractivity contribution in [1.82, 2.24) is 0 Å². The van der Waals surface area contributed by atoms with Crippen LogP contribution in [0.2, 0.25) is 0 Å². The Hall–Kier alpha value is -7.16. The molecular formula is C52H30O2. The van der Waals surface area contributed by atoms with Crippen molar-refractivity contribution in [3.63, 3.8) is 0 Å². The normalized spacial score (nSPS) is 12.1. The molecule has 0 saturated carbocycles. The highest BCUT2D eigenvalue weighted by molar-refractivity contribution is 6.29. The van der Waals surface area contributed by atoms with Gasteiger partial charge in [0.2, 0.25) is 0 Å². The van der Waals surface area contributed by atoms with Gasteiger partial charge in [-0.15, -0.1) is 0 Å². The second-order valence-corrected chi connectivity index (χ2v) is 14.3. The molecule has 2 heteroatoms. The third-order valence-corrected chi connectivity index (χ3v) is 11.5. The van der Waals surface area contributed by atoms with Crippen LogP contribution in [0.1, 0.15) is 0 Å². The average Bonchev–Trinajstić information content (AvgIpc) is 3.81. The molecule has 2 aromatic heterocycles. The van der Waals surface area contributed by atoms with Crippen LogP contribution in [0.3, 0.4) is 0 Å². The van der Waals surface area contributed by atoms with E-state index in [0.29, 0.717) is 0 Å². The average molecular weight is 687 g/mol. The first-order chi connectivity index (χ1) is 26.8. The maximum atomic E-state index is 6.71. The van der Waals surface area contributed by atoms with Gasteiger partial charge in [0.25, 0.3) is 0 Å². The van der Waals surface area contributed by atoms with E-state index in [2.05, 4.69) is 164 Å². The summed E-state index contributed by atoms with van der Waals surface area (Å²) in [6, 6.07) is 65.6. The number of hydrogen-bond acceptors (Lipinski definition) is 2. The van der Waals surface area contributed by atoms with E-state index in [1.807, 2.05) is 18.2 Å². The van der Waals surface area contributed by atoms with E-state index in [0.717, 1.165) is 55.0 Å². The standard InChI is InChI=1S/C52H30O2/c1-2-16-32-31(14-1)15-13-25-36(32)48-37-19-5-7-21-39(37)49(40-22-8-6-20-38(40)48)41-29-28-35(33-17-3-4-18-34(33)41)44-30-47-51(43-24-10-11-26-45(43)53-47)52-50(44)42-23-9-12-27-46(42)54-52/h1-30H. The van der Waals surface area contributed by atoms with Crippen molar-refractivity contribution in [2.45, 2.75) is 0 Å². The SMILES string of the molecule is c1ccc2c(-c3c4ccccc4c(-c4ccc(-c5cc6oc7ccccc7c6c6oc7ccccc7c56)c5ccccc45)c4ccccc34)cccc2c1. The zero-order valence-corrected chi connectivity index (χ0v) is 29.1. The van der Waals surface area contributed by atoms with Crippen molar-refractivity contribution in [1.29, 1.82) is 0 Å². The predicted molar refractivity (Wildman–Crippen MR) is 227 cm³/mol. The third kappa shape index (κ3) is 4.05. The van der Waals surface area contributed by atoms with Crippen LogP contribution < -0.4 is 0 Å². The molecule has 0 saturated heterocycles. The molecule has 0 amide bonds. The van der Waals surface area contributed by atoms with Gasteiger partial charge in [-0.1, -0.05) is 164 Å². The van der Waals surface area contributed by atoms with Crippen LogP contribution in [0.15, 0.2) is 191 Å². The van der Waals surface area contributed by atoms with Gasteiger partial charge >= 0.3 is 0 Å². The summed E-state index contributed by atoms with van der Waals surface area (Å²) in [5.41, 5.74) is 10.7. The minimum absolute atomic E-state index is 0.826. The molecule has 0 fully saturated rings. The summed E-state index contributed by atoms with van der Waals surface area (Å²) in [6.07, 6.45) is 0. The lowest BCUT2D eigenvalue weighted by Crippen LogP contribution is -1.93. The fraction of sp³-hybridized carbons (Fsp3) is 0. The van der Waals surface area contributed by atoms with E-state index in [1.165, 1.54) is 65.3 Å². The Balaban J connectivity index is 1.18. The van der Waals surface area contributed by atoms with Crippen LogP contribution in [0, 0.1) is 0 Å². The summed E-state index contributed by atoms with van der Waals surface area (Å²) in [4.78, 5) is 0. The molecule has 0 aliphatic heterocycles. The summed E-state index contributed by atoms with van der Waals surface area (Å²) in [5.74, 6) is 0. The topological polar surface area (TPSA) is 26.3 Å². The molecule has 2 nitrogen and oxygen atoms in total. The molecule has 54 heavy (non-hydrogen) atoms. The third-order valence-electron chi connectivity index (χ3n) is 11.5. The molecule has 10 aromatic carbocycles. The van der Waals surface area contributed by atoms with Gasteiger partial charge in [-0.3, -0.25) is 0 Å². The van der Waals surface area contributed by atoms with Gasteiger partial charge in [0.05, 0.1) is 5.39 Å². The van der Waals surface area contributed by atoms with Gasteiger partial charge in [0.1, 0.15) is 22.3 Å². The maximum absolute atomic E-state index is 6.71. The van der Waals surface area contributed by atoms with Gasteiger partial charge in [0, 0.05) is 16.2 Å². The summed E-state index contributed by atoms with van der Waals surface area (Å²) in [5, 5.41) is 14.2. The number of hydrogen-bond donors (Lipinski definition) is 0. The largest absolute Gasteiger partial charge is 0.456 e. The first kappa shape index (κ1) is 29.4. The lowest BCUT2D eigenvalue weighted by molar-refractivity contribution is 0.663.